The lowest BCUT2D eigenvalue weighted by atomic mass is 9.97. The van der Waals surface area contributed by atoms with Crippen molar-refractivity contribution in [3.63, 3.8) is 0 Å². The van der Waals surface area contributed by atoms with Crippen LogP contribution in [0.15, 0.2) is 103 Å². The lowest BCUT2D eigenvalue weighted by molar-refractivity contribution is -0.125. The summed E-state index contributed by atoms with van der Waals surface area (Å²) in [6, 6.07) is 21.3. The maximum atomic E-state index is 13.4. The highest BCUT2D eigenvalue weighted by Gasteiger charge is 2.21. The van der Waals surface area contributed by atoms with Gasteiger partial charge in [0.1, 0.15) is 6.33 Å². The van der Waals surface area contributed by atoms with E-state index in [9.17, 15) is 9.59 Å². The number of tetrazole rings is 1. The number of hydrogen-bond acceptors (Lipinski definition) is 8. The molecule has 10 nitrogen and oxygen atoms in total. The van der Waals surface area contributed by atoms with Crippen molar-refractivity contribution < 1.29 is 14.4 Å². The molecule has 0 saturated heterocycles. The molecule has 11 heteroatoms. The van der Waals surface area contributed by atoms with Gasteiger partial charge in [0, 0.05) is 28.6 Å². The van der Waals surface area contributed by atoms with Crippen molar-refractivity contribution >= 4 is 35.2 Å². The van der Waals surface area contributed by atoms with Gasteiger partial charge in [0.05, 0.1) is 11.7 Å². The Morgan fingerprint density at radius 3 is 2.58 bits per heavy atom. The first kappa shape index (κ1) is 26.5. The molecule has 4 aromatic rings. The number of Topliss-reactive ketones (excluding diaryl/α,β-unsaturated/α-hetero) is 1. The van der Waals surface area contributed by atoms with Gasteiger partial charge >= 0.3 is 0 Å². The van der Waals surface area contributed by atoms with E-state index >= 15 is 0 Å². The second-order valence-corrected chi connectivity index (χ2v) is 9.38. The van der Waals surface area contributed by atoms with Crippen molar-refractivity contribution in [3.05, 3.63) is 125 Å². The first-order valence-corrected chi connectivity index (χ1v) is 12.7. The van der Waals surface area contributed by atoms with Crippen LogP contribution in [0.5, 0.6) is 0 Å². The molecule has 0 aliphatic carbocycles. The molecule has 2 heterocycles. The van der Waals surface area contributed by atoms with Crippen LogP contribution in [0.4, 0.5) is 0 Å². The Bertz CT molecular complexity index is 1580. The van der Waals surface area contributed by atoms with Gasteiger partial charge in [0.25, 0.3) is 0 Å². The number of hydrogen-bond donors (Lipinski definition) is 2. The smallest absolute Gasteiger partial charge is 0.244 e. The van der Waals surface area contributed by atoms with Crippen LogP contribution >= 0.6 is 11.6 Å². The molecule has 1 amide bonds. The van der Waals surface area contributed by atoms with Gasteiger partial charge in [-0.25, -0.2) is 5.48 Å². The number of amides is 1. The molecule has 0 radical (unpaired) electrons. The third-order valence-electron chi connectivity index (χ3n) is 6.10. The van der Waals surface area contributed by atoms with E-state index in [1.165, 1.54) is 17.1 Å². The fraction of sp³-hybridized carbons (Fsp3) is 0.103. The van der Waals surface area contributed by atoms with E-state index in [1.807, 2.05) is 54.6 Å². The van der Waals surface area contributed by atoms with Gasteiger partial charge in [-0.2, -0.15) is 9.67 Å². The van der Waals surface area contributed by atoms with Crippen LogP contribution in [-0.2, 0) is 27.3 Å². The highest BCUT2D eigenvalue weighted by atomic mass is 35.5. The maximum Gasteiger partial charge on any atom is 0.244 e. The largest absolute Gasteiger partial charge is 0.361 e. The summed E-state index contributed by atoms with van der Waals surface area (Å²) in [7, 11) is 0. The number of carbonyl (C=O) groups excluding carboxylic acids is 2. The van der Waals surface area contributed by atoms with Crippen LogP contribution in [0.25, 0.3) is 11.8 Å². The van der Waals surface area contributed by atoms with E-state index in [-0.39, 0.29) is 18.1 Å². The van der Waals surface area contributed by atoms with E-state index in [2.05, 4.69) is 37.9 Å². The van der Waals surface area contributed by atoms with Crippen LogP contribution in [-0.4, -0.2) is 43.8 Å². The summed E-state index contributed by atoms with van der Waals surface area (Å²) in [6.07, 6.45) is 4.92. The number of aromatic nitrogens is 4. The highest BCUT2D eigenvalue weighted by molar-refractivity contribution is 6.30. The van der Waals surface area contributed by atoms with Gasteiger partial charge < -0.3 is 10.2 Å². The van der Waals surface area contributed by atoms with E-state index in [0.29, 0.717) is 28.5 Å². The molecule has 1 aliphatic heterocycles. The van der Waals surface area contributed by atoms with Crippen LogP contribution in [0, 0.1) is 0 Å². The maximum absolute atomic E-state index is 13.4. The molecule has 0 fully saturated rings. The molecule has 1 atom stereocenters. The Labute approximate surface area is 235 Å². The number of amidine groups is 1. The molecule has 0 saturated carbocycles. The zero-order valence-electron chi connectivity index (χ0n) is 21.2. The number of halogens is 1. The third-order valence-corrected chi connectivity index (χ3v) is 6.33. The van der Waals surface area contributed by atoms with Crippen molar-refractivity contribution in [1.29, 1.82) is 0 Å². The number of aliphatic imine (C=N–C) groups is 1. The summed E-state index contributed by atoms with van der Waals surface area (Å²) in [5.41, 5.74) is 6.52. The predicted molar refractivity (Wildman–Crippen MR) is 150 cm³/mol. The monoisotopic (exact) mass is 553 g/mol. The quantitative estimate of drug-likeness (QED) is 0.287. The molecular weight excluding hydrogens is 530 g/mol. The molecule has 40 heavy (non-hydrogen) atoms. The predicted octanol–water partition coefficient (Wildman–Crippen LogP) is 3.62. The van der Waals surface area contributed by atoms with E-state index in [4.69, 9.17) is 16.4 Å². The van der Waals surface area contributed by atoms with Gasteiger partial charge in [-0.05, 0) is 58.8 Å². The molecule has 3 aromatic carbocycles. The van der Waals surface area contributed by atoms with Crippen molar-refractivity contribution in [2.45, 2.75) is 18.9 Å². The van der Waals surface area contributed by atoms with E-state index in [0.717, 1.165) is 16.7 Å². The zero-order chi connectivity index (χ0) is 27.9. The topological polar surface area (TPSA) is 123 Å². The summed E-state index contributed by atoms with van der Waals surface area (Å²) >= 11 is 6.18. The summed E-state index contributed by atoms with van der Waals surface area (Å²) in [5.74, 6) is 0.290. The van der Waals surface area contributed by atoms with Gasteiger partial charge in [0.15, 0.2) is 11.6 Å². The Hall–Kier alpha value is -5.09. The van der Waals surface area contributed by atoms with Gasteiger partial charge in [-0.3, -0.25) is 9.59 Å². The number of nitrogens with one attached hydrogen (secondary N) is 2. The van der Waals surface area contributed by atoms with Crippen LogP contribution < -0.4 is 10.8 Å². The van der Waals surface area contributed by atoms with Crippen LogP contribution in [0.1, 0.15) is 22.3 Å². The second kappa shape index (κ2) is 12.2. The SMILES string of the molecule is C=C1N=C(c2ccc(CC(=O)[C@H](Cc3ccccc3)NC(=O)/C=C/c3cc(Cl)ccc3-n3cnnn3)cc2)NO1. The Balaban J connectivity index is 1.31. The lowest BCUT2D eigenvalue weighted by Gasteiger charge is -2.17. The third kappa shape index (κ3) is 6.66. The van der Waals surface area contributed by atoms with Crippen LogP contribution in [0.3, 0.4) is 0 Å². The normalized spacial score (nSPS) is 13.4. The average molecular weight is 554 g/mol. The fourth-order valence-electron chi connectivity index (χ4n) is 4.13. The molecular formula is C29H24ClN7O3. The number of rotatable bonds is 10. The average Bonchev–Trinajstić information content (AvgIpc) is 3.65. The molecule has 1 aromatic heterocycles. The van der Waals surface area contributed by atoms with Crippen molar-refractivity contribution in [1.82, 2.24) is 31.0 Å². The minimum absolute atomic E-state index is 0.122. The minimum Gasteiger partial charge on any atom is -0.361 e. The number of ketones is 1. The molecule has 0 spiro atoms. The molecule has 5 rings (SSSR count). The van der Waals surface area contributed by atoms with Crippen molar-refractivity contribution in [3.8, 4) is 5.69 Å². The summed E-state index contributed by atoms with van der Waals surface area (Å²) in [6.45, 7) is 3.64. The lowest BCUT2D eigenvalue weighted by Crippen LogP contribution is -2.42. The van der Waals surface area contributed by atoms with E-state index < -0.39 is 11.9 Å². The molecule has 200 valence electrons. The fourth-order valence-corrected chi connectivity index (χ4v) is 4.31. The number of hydroxylamine groups is 1. The van der Waals surface area contributed by atoms with Crippen LogP contribution in [0.2, 0.25) is 5.02 Å². The number of benzene rings is 3. The standard InChI is InChI=1S/C29H24ClN7O3/c1-19-32-29(34-40-19)22-9-7-21(8-10-22)16-27(38)25(15-20-5-3-2-4-6-20)33-28(39)14-11-23-17-24(30)12-13-26(23)37-18-31-35-36-37/h2-14,17-18,25H,1,15-16H2,(H,32,34)(H,33,39)/b14-11+/t25-/m0/s1. The van der Waals surface area contributed by atoms with Gasteiger partial charge in [-0.15, -0.1) is 5.10 Å². The first-order valence-electron chi connectivity index (χ1n) is 12.3. The number of nitrogens with zero attached hydrogens (tertiary/aromatic N) is 5. The molecule has 1 aliphatic rings. The molecule has 0 bridgehead atoms. The number of carbonyl (C=O) groups is 2. The highest BCUT2D eigenvalue weighted by Crippen LogP contribution is 2.20. The molecule has 0 unspecified atom stereocenters. The Morgan fingerprint density at radius 1 is 1.07 bits per heavy atom. The first-order chi connectivity index (χ1) is 19.4. The van der Waals surface area contributed by atoms with E-state index in [1.54, 1.807) is 24.3 Å². The summed E-state index contributed by atoms with van der Waals surface area (Å²) < 4.78 is 1.47. The summed E-state index contributed by atoms with van der Waals surface area (Å²) in [5, 5.41) is 14.6. The molecule has 2 N–H and O–H groups in total. The zero-order valence-corrected chi connectivity index (χ0v) is 22.0. The summed E-state index contributed by atoms with van der Waals surface area (Å²) in [4.78, 5) is 35.6. The van der Waals surface area contributed by atoms with Crippen molar-refractivity contribution in [2.24, 2.45) is 4.99 Å². The van der Waals surface area contributed by atoms with Crippen molar-refractivity contribution in [2.75, 3.05) is 0 Å². The Morgan fingerprint density at radius 2 is 1.88 bits per heavy atom. The Kier molecular flexibility index (Phi) is 8.07. The van der Waals surface area contributed by atoms with Gasteiger partial charge in [0.2, 0.25) is 11.8 Å². The second-order valence-electron chi connectivity index (χ2n) is 8.94. The minimum atomic E-state index is -0.741. The van der Waals surface area contributed by atoms with Gasteiger partial charge in [-0.1, -0.05) is 66.2 Å².